The predicted octanol–water partition coefficient (Wildman–Crippen LogP) is 6.23. The Bertz CT molecular complexity index is 828. The zero-order valence-electron chi connectivity index (χ0n) is 14.2. The van der Waals surface area contributed by atoms with Crippen molar-refractivity contribution in [2.45, 2.75) is 20.0 Å². The lowest BCUT2D eigenvalue weighted by Gasteiger charge is -2.13. The first-order valence-corrected chi connectivity index (χ1v) is 8.75. The average Bonchev–Trinajstić information content (AvgIpc) is 2.56. The van der Waals surface area contributed by atoms with Crippen molar-refractivity contribution >= 4 is 39.6 Å². The highest BCUT2D eigenvalue weighted by Crippen LogP contribution is 2.39. The van der Waals surface area contributed by atoms with Gasteiger partial charge in [0.2, 0.25) is 5.88 Å². The molecule has 140 valence electrons. The van der Waals surface area contributed by atoms with Crippen LogP contribution < -0.4 is 4.74 Å². The van der Waals surface area contributed by atoms with E-state index in [1.165, 1.54) is 6.07 Å². The van der Waals surface area contributed by atoms with Gasteiger partial charge in [-0.15, -0.1) is 0 Å². The normalized spacial score (nSPS) is 11.8. The fourth-order valence-corrected chi connectivity index (χ4v) is 2.50. The van der Waals surface area contributed by atoms with Gasteiger partial charge >= 0.3 is 6.18 Å². The lowest BCUT2D eigenvalue weighted by molar-refractivity contribution is -0.137. The van der Waals surface area contributed by atoms with Gasteiger partial charge in [-0.2, -0.15) is 13.2 Å². The Balaban J connectivity index is 2.31. The number of rotatable bonds is 5. The molecule has 2 aromatic rings. The molecule has 0 aliphatic carbocycles. The van der Waals surface area contributed by atoms with Crippen LogP contribution in [0.15, 0.2) is 33.7 Å². The minimum Gasteiger partial charge on any atom is -0.438 e. The van der Waals surface area contributed by atoms with Crippen molar-refractivity contribution in [2.75, 3.05) is 13.6 Å². The highest BCUT2D eigenvalue weighted by molar-refractivity contribution is 9.10. The lowest BCUT2D eigenvalue weighted by Crippen LogP contribution is -2.14. The third kappa shape index (κ3) is 5.11. The molecule has 1 heterocycles. The van der Waals surface area contributed by atoms with Gasteiger partial charge < -0.3 is 9.64 Å². The van der Waals surface area contributed by atoms with E-state index in [9.17, 15) is 13.2 Å². The second-order valence-electron chi connectivity index (χ2n) is 5.44. The summed E-state index contributed by atoms with van der Waals surface area (Å²) >= 11 is 8.93. The van der Waals surface area contributed by atoms with Gasteiger partial charge in [-0.05, 0) is 54.0 Å². The maximum atomic E-state index is 13.0. The molecule has 0 aliphatic rings. The lowest BCUT2D eigenvalue weighted by atomic mass is 10.2. The van der Waals surface area contributed by atoms with Crippen LogP contribution in [0.4, 0.5) is 18.9 Å². The predicted molar refractivity (Wildman–Crippen MR) is 99.7 cm³/mol. The van der Waals surface area contributed by atoms with E-state index < -0.39 is 16.8 Å². The third-order valence-electron chi connectivity index (χ3n) is 3.46. The number of hydrogen-bond acceptors (Lipinski definition) is 3. The molecule has 0 radical (unpaired) electrons. The van der Waals surface area contributed by atoms with E-state index in [0.29, 0.717) is 15.9 Å². The number of aliphatic imine (C=N–C) groups is 1. The Hall–Kier alpha value is -1.80. The molecule has 0 saturated heterocycles. The van der Waals surface area contributed by atoms with Gasteiger partial charge in [0.05, 0.1) is 32.8 Å². The minimum absolute atomic E-state index is 0.0173. The van der Waals surface area contributed by atoms with Gasteiger partial charge in [0.15, 0.2) is 0 Å². The van der Waals surface area contributed by atoms with Gasteiger partial charge in [0.1, 0.15) is 5.75 Å². The molecule has 0 fully saturated rings. The molecule has 0 spiro atoms. The van der Waals surface area contributed by atoms with E-state index in [0.717, 1.165) is 18.7 Å². The van der Waals surface area contributed by atoms with Gasteiger partial charge in [0, 0.05) is 13.6 Å². The van der Waals surface area contributed by atoms with E-state index in [1.807, 2.05) is 18.9 Å². The number of pyridine rings is 1. The smallest absolute Gasteiger partial charge is 0.417 e. The van der Waals surface area contributed by atoms with Gasteiger partial charge in [-0.25, -0.2) is 9.98 Å². The summed E-state index contributed by atoms with van der Waals surface area (Å²) in [5.41, 5.74) is 0.235. The highest BCUT2D eigenvalue weighted by Gasteiger charge is 2.33. The number of halogens is 5. The van der Waals surface area contributed by atoms with E-state index in [-0.39, 0.29) is 11.6 Å². The first kappa shape index (κ1) is 20.5. The molecule has 9 heteroatoms. The molecule has 0 amide bonds. The van der Waals surface area contributed by atoms with Crippen molar-refractivity contribution < 1.29 is 17.9 Å². The topological polar surface area (TPSA) is 37.7 Å². The number of aromatic nitrogens is 1. The molecule has 0 saturated carbocycles. The molecule has 0 atom stereocenters. The Morgan fingerprint density at radius 2 is 2.04 bits per heavy atom. The third-order valence-corrected chi connectivity index (χ3v) is 4.36. The maximum Gasteiger partial charge on any atom is 0.417 e. The molecule has 1 aromatic heterocycles. The van der Waals surface area contributed by atoms with Crippen molar-refractivity contribution in [1.82, 2.24) is 9.88 Å². The molecule has 0 N–H and O–H groups in total. The van der Waals surface area contributed by atoms with Crippen LogP contribution in [-0.4, -0.2) is 29.8 Å². The van der Waals surface area contributed by atoms with Crippen LogP contribution in [0.3, 0.4) is 0 Å². The van der Waals surface area contributed by atoms with Crippen molar-refractivity contribution in [3.63, 3.8) is 0 Å². The largest absolute Gasteiger partial charge is 0.438 e. The molecular weight excluding hydrogens is 435 g/mol. The summed E-state index contributed by atoms with van der Waals surface area (Å²) < 4.78 is 44.8. The monoisotopic (exact) mass is 449 g/mol. The Kier molecular flexibility index (Phi) is 6.52. The van der Waals surface area contributed by atoms with Gasteiger partial charge in [-0.3, -0.25) is 0 Å². The van der Waals surface area contributed by atoms with Crippen LogP contribution >= 0.6 is 27.5 Å². The zero-order chi connectivity index (χ0) is 19.5. The first-order valence-electron chi connectivity index (χ1n) is 7.58. The number of benzene rings is 1. The van der Waals surface area contributed by atoms with Crippen LogP contribution in [0.2, 0.25) is 5.02 Å². The number of alkyl halides is 3. The summed E-state index contributed by atoms with van der Waals surface area (Å²) in [4.78, 5) is 10.5. The number of hydrogen-bond donors (Lipinski definition) is 0. The van der Waals surface area contributed by atoms with Crippen LogP contribution in [0.25, 0.3) is 0 Å². The molecule has 4 nitrogen and oxygen atoms in total. The number of aryl methyl sites for hydroxylation is 1. The Morgan fingerprint density at radius 1 is 1.35 bits per heavy atom. The van der Waals surface area contributed by atoms with E-state index in [1.54, 1.807) is 19.3 Å². The zero-order valence-corrected chi connectivity index (χ0v) is 16.6. The number of ether oxygens (including phenoxy) is 1. The fourth-order valence-electron chi connectivity index (χ4n) is 1.89. The Morgan fingerprint density at radius 3 is 2.65 bits per heavy atom. The second-order valence-corrected chi connectivity index (χ2v) is 6.70. The van der Waals surface area contributed by atoms with Crippen molar-refractivity contribution in [3.05, 3.63) is 45.0 Å². The summed E-state index contributed by atoms with van der Waals surface area (Å²) in [7, 11) is 1.89. The van der Waals surface area contributed by atoms with E-state index in [4.69, 9.17) is 16.3 Å². The van der Waals surface area contributed by atoms with Gasteiger partial charge in [-0.1, -0.05) is 11.6 Å². The van der Waals surface area contributed by atoms with Crippen molar-refractivity contribution in [3.8, 4) is 11.6 Å². The summed E-state index contributed by atoms with van der Waals surface area (Å²) in [6, 6.07) is 5.02. The van der Waals surface area contributed by atoms with Crippen LogP contribution in [0, 0.1) is 6.92 Å². The van der Waals surface area contributed by atoms with Crippen LogP contribution in [-0.2, 0) is 6.18 Å². The first-order chi connectivity index (χ1) is 12.1. The SMILES string of the molecule is CCN(C)/C=N\c1cc(Br)c(Oc2ccc(Cl)c(C(F)(F)F)c2)nc1C. The molecule has 2 rings (SSSR count). The quantitative estimate of drug-likeness (QED) is 0.400. The van der Waals surface area contributed by atoms with Crippen LogP contribution in [0.1, 0.15) is 18.2 Å². The minimum atomic E-state index is -4.57. The Labute approximate surface area is 162 Å². The standard InChI is InChI=1S/C17H16BrClF3N3O/c1-4-25(3)9-23-15-8-13(18)16(24-10(15)2)26-11-5-6-14(19)12(7-11)17(20,21)22/h5-9H,4H2,1-3H3/b23-9-. The summed E-state index contributed by atoms with van der Waals surface area (Å²) in [6.45, 7) is 4.53. The van der Waals surface area contributed by atoms with Crippen molar-refractivity contribution in [1.29, 1.82) is 0 Å². The van der Waals surface area contributed by atoms with E-state index in [2.05, 4.69) is 25.9 Å². The fraction of sp³-hybridized carbons (Fsp3) is 0.294. The molecule has 26 heavy (non-hydrogen) atoms. The van der Waals surface area contributed by atoms with Crippen LogP contribution in [0.5, 0.6) is 11.6 Å². The molecule has 0 aliphatic heterocycles. The second kappa shape index (κ2) is 8.26. The summed E-state index contributed by atoms with van der Waals surface area (Å²) in [6.07, 6.45) is -2.90. The van der Waals surface area contributed by atoms with Gasteiger partial charge in [0.25, 0.3) is 0 Å². The maximum absolute atomic E-state index is 13.0. The highest BCUT2D eigenvalue weighted by atomic mass is 79.9. The summed E-state index contributed by atoms with van der Waals surface area (Å²) in [5.74, 6) is 0.122. The number of nitrogens with zero attached hydrogens (tertiary/aromatic N) is 3. The molecular formula is C17H16BrClF3N3O. The average molecular weight is 451 g/mol. The van der Waals surface area contributed by atoms with E-state index >= 15 is 0 Å². The molecule has 1 aromatic carbocycles. The van der Waals surface area contributed by atoms with Crippen molar-refractivity contribution in [2.24, 2.45) is 4.99 Å². The molecule has 0 bridgehead atoms. The molecule has 0 unspecified atom stereocenters. The summed E-state index contributed by atoms with van der Waals surface area (Å²) in [5, 5.41) is -0.391.